The van der Waals surface area contributed by atoms with Gasteiger partial charge in [0.2, 0.25) is 0 Å². The van der Waals surface area contributed by atoms with E-state index in [2.05, 4.69) is 15.9 Å². The number of halogens is 2. The lowest BCUT2D eigenvalue weighted by Crippen LogP contribution is -2.12. The normalized spacial score (nSPS) is 10.4. The minimum absolute atomic E-state index is 0.0535. The summed E-state index contributed by atoms with van der Waals surface area (Å²) in [4.78, 5) is 0. The van der Waals surface area contributed by atoms with E-state index in [0.29, 0.717) is 22.1 Å². The van der Waals surface area contributed by atoms with Crippen molar-refractivity contribution in [2.45, 2.75) is 13.8 Å². The van der Waals surface area contributed by atoms with Crippen molar-refractivity contribution >= 4 is 33.4 Å². The number of nitrogens with one attached hydrogen (secondary N) is 1. The van der Waals surface area contributed by atoms with Crippen LogP contribution < -0.4 is 10.5 Å². The quantitative estimate of drug-likeness (QED) is 0.615. The van der Waals surface area contributed by atoms with Crippen LogP contribution in [0, 0.1) is 19.3 Å². The van der Waals surface area contributed by atoms with Crippen molar-refractivity contribution in [3.63, 3.8) is 0 Å². The summed E-state index contributed by atoms with van der Waals surface area (Å²) in [6.45, 7) is 3.99. The number of hydrogen-bond acceptors (Lipinski definition) is 2. The second-order valence-electron chi connectivity index (χ2n) is 4.53. The Hall–Kier alpha value is -1.52. The molecule has 0 aliphatic heterocycles. The molecule has 0 spiro atoms. The molecule has 0 heterocycles. The number of benzene rings is 2. The molecule has 3 N–H and O–H groups in total. The second-order valence-corrected chi connectivity index (χ2v) is 5.76. The number of amidine groups is 1. The van der Waals surface area contributed by atoms with E-state index < -0.39 is 0 Å². The summed E-state index contributed by atoms with van der Waals surface area (Å²) >= 11 is 9.49. The van der Waals surface area contributed by atoms with E-state index in [4.69, 9.17) is 27.5 Å². The first-order valence-electron chi connectivity index (χ1n) is 5.97. The lowest BCUT2D eigenvalue weighted by atomic mass is 10.1. The van der Waals surface area contributed by atoms with E-state index in [0.717, 1.165) is 15.6 Å². The van der Waals surface area contributed by atoms with Crippen molar-refractivity contribution in [1.82, 2.24) is 0 Å². The summed E-state index contributed by atoms with van der Waals surface area (Å²) in [6, 6.07) is 8.86. The van der Waals surface area contributed by atoms with E-state index in [1.165, 1.54) is 0 Å². The van der Waals surface area contributed by atoms with Gasteiger partial charge in [0.05, 0.1) is 5.56 Å². The largest absolute Gasteiger partial charge is 0.457 e. The first-order chi connectivity index (χ1) is 9.38. The van der Waals surface area contributed by atoms with Gasteiger partial charge in [-0.3, -0.25) is 5.41 Å². The molecule has 104 valence electrons. The van der Waals surface area contributed by atoms with Crippen LogP contribution in [-0.4, -0.2) is 5.84 Å². The number of rotatable bonds is 3. The van der Waals surface area contributed by atoms with Crippen molar-refractivity contribution in [3.8, 4) is 11.5 Å². The van der Waals surface area contributed by atoms with E-state index in [1.807, 2.05) is 26.0 Å². The Morgan fingerprint density at radius 1 is 1.20 bits per heavy atom. The van der Waals surface area contributed by atoms with Gasteiger partial charge >= 0.3 is 0 Å². The molecule has 0 amide bonds. The fourth-order valence-electron chi connectivity index (χ4n) is 1.90. The standard InChI is InChI=1S/C15H14BrClN2O/c1-8-5-11(6-9(2)14(8)16)20-13-7-10(17)3-4-12(13)15(18)19/h3-7H,1-2H3,(H3,18,19). The van der Waals surface area contributed by atoms with Crippen molar-refractivity contribution in [2.24, 2.45) is 5.73 Å². The van der Waals surface area contributed by atoms with Crippen LogP contribution in [0.4, 0.5) is 0 Å². The van der Waals surface area contributed by atoms with Crippen LogP contribution in [0.25, 0.3) is 0 Å². The highest BCUT2D eigenvalue weighted by Gasteiger charge is 2.10. The minimum Gasteiger partial charge on any atom is -0.457 e. The zero-order valence-corrected chi connectivity index (χ0v) is 13.5. The Morgan fingerprint density at radius 3 is 2.35 bits per heavy atom. The Bertz CT molecular complexity index is 663. The van der Waals surface area contributed by atoms with Crippen LogP contribution in [0.1, 0.15) is 16.7 Å². The van der Waals surface area contributed by atoms with Gasteiger partial charge in [-0.2, -0.15) is 0 Å². The molecule has 0 bridgehead atoms. The molecular weight excluding hydrogens is 340 g/mol. The molecule has 3 nitrogen and oxygen atoms in total. The zero-order valence-electron chi connectivity index (χ0n) is 11.1. The Morgan fingerprint density at radius 2 is 1.80 bits per heavy atom. The maximum Gasteiger partial charge on any atom is 0.139 e. The highest BCUT2D eigenvalue weighted by Crippen LogP contribution is 2.32. The minimum atomic E-state index is -0.0535. The van der Waals surface area contributed by atoms with Gasteiger partial charge < -0.3 is 10.5 Å². The smallest absolute Gasteiger partial charge is 0.139 e. The van der Waals surface area contributed by atoms with Crippen LogP contribution in [0.15, 0.2) is 34.8 Å². The van der Waals surface area contributed by atoms with Crippen molar-refractivity contribution in [2.75, 3.05) is 0 Å². The summed E-state index contributed by atoms with van der Waals surface area (Å²) in [7, 11) is 0. The molecular formula is C15H14BrClN2O. The van der Waals surface area contributed by atoms with Crippen molar-refractivity contribution in [1.29, 1.82) is 5.41 Å². The molecule has 0 unspecified atom stereocenters. The third-order valence-electron chi connectivity index (χ3n) is 2.87. The van der Waals surface area contributed by atoms with Crippen LogP contribution in [0.2, 0.25) is 5.02 Å². The summed E-state index contributed by atoms with van der Waals surface area (Å²) in [6.07, 6.45) is 0. The number of nitrogens with two attached hydrogens (primary N) is 1. The summed E-state index contributed by atoms with van der Waals surface area (Å²) in [5, 5.41) is 8.12. The van der Waals surface area contributed by atoms with Gasteiger partial charge in [0.25, 0.3) is 0 Å². The van der Waals surface area contributed by atoms with Crippen LogP contribution in [-0.2, 0) is 0 Å². The van der Waals surface area contributed by atoms with Gasteiger partial charge in [-0.25, -0.2) is 0 Å². The molecule has 2 aromatic rings. The third-order valence-corrected chi connectivity index (χ3v) is 4.36. The molecule has 2 aromatic carbocycles. The van der Waals surface area contributed by atoms with E-state index in [-0.39, 0.29) is 5.84 Å². The molecule has 20 heavy (non-hydrogen) atoms. The first kappa shape index (κ1) is 14.9. The lowest BCUT2D eigenvalue weighted by molar-refractivity contribution is 0.480. The van der Waals surface area contributed by atoms with Crippen LogP contribution in [0.5, 0.6) is 11.5 Å². The van der Waals surface area contributed by atoms with Crippen LogP contribution >= 0.6 is 27.5 Å². The van der Waals surface area contributed by atoms with Gasteiger partial charge in [-0.1, -0.05) is 27.5 Å². The van der Waals surface area contributed by atoms with Gasteiger partial charge in [0.1, 0.15) is 17.3 Å². The molecule has 0 aliphatic rings. The Labute approximate surface area is 131 Å². The molecule has 2 rings (SSSR count). The number of ether oxygens (including phenoxy) is 1. The van der Waals surface area contributed by atoms with E-state index in [9.17, 15) is 0 Å². The number of hydrogen-bond donors (Lipinski definition) is 2. The van der Waals surface area contributed by atoms with Crippen molar-refractivity contribution < 1.29 is 4.74 Å². The van der Waals surface area contributed by atoms with E-state index >= 15 is 0 Å². The molecule has 0 aromatic heterocycles. The highest BCUT2D eigenvalue weighted by atomic mass is 79.9. The summed E-state index contributed by atoms with van der Waals surface area (Å²) in [5.41, 5.74) is 8.23. The van der Waals surface area contributed by atoms with Gasteiger partial charge in [0, 0.05) is 15.6 Å². The van der Waals surface area contributed by atoms with Crippen LogP contribution in [0.3, 0.4) is 0 Å². The monoisotopic (exact) mass is 352 g/mol. The lowest BCUT2D eigenvalue weighted by Gasteiger charge is -2.13. The number of nitrogen functional groups attached to an aromatic ring is 1. The van der Waals surface area contributed by atoms with Gasteiger partial charge in [-0.15, -0.1) is 0 Å². The average Bonchev–Trinajstić information content (AvgIpc) is 2.35. The zero-order chi connectivity index (χ0) is 14.9. The summed E-state index contributed by atoms with van der Waals surface area (Å²) < 4.78 is 6.90. The third kappa shape index (κ3) is 3.14. The Kier molecular flexibility index (Phi) is 4.35. The fourth-order valence-corrected chi connectivity index (χ4v) is 2.29. The molecule has 0 atom stereocenters. The van der Waals surface area contributed by atoms with Crippen molar-refractivity contribution in [3.05, 3.63) is 56.5 Å². The van der Waals surface area contributed by atoms with Gasteiger partial charge in [-0.05, 0) is 49.2 Å². The predicted molar refractivity (Wildman–Crippen MR) is 86.2 cm³/mol. The SMILES string of the molecule is Cc1cc(Oc2cc(Cl)ccc2C(=N)N)cc(C)c1Br. The molecule has 0 saturated heterocycles. The Balaban J connectivity index is 2.44. The molecule has 0 fully saturated rings. The summed E-state index contributed by atoms with van der Waals surface area (Å²) in [5.74, 6) is 1.11. The maximum absolute atomic E-state index is 7.58. The predicted octanol–water partition coefficient (Wildman–Crippen LogP) is 4.80. The molecule has 0 aliphatic carbocycles. The second kappa shape index (κ2) is 5.85. The molecule has 0 radical (unpaired) electrons. The van der Waals surface area contributed by atoms with Gasteiger partial charge in [0.15, 0.2) is 0 Å². The topological polar surface area (TPSA) is 59.1 Å². The first-order valence-corrected chi connectivity index (χ1v) is 7.14. The maximum atomic E-state index is 7.58. The highest BCUT2D eigenvalue weighted by molar-refractivity contribution is 9.10. The molecule has 0 saturated carbocycles. The molecule has 5 heteroatoms. The van der Waals surface area contributed by atoms with E-state index in [1.54, 1.807) is 18.2 Å². The number of aryl methyl sites for hydroxylation is 2. The fraction of sp³-hybridized carbons (Fsp3) is 0.133. The average molecular weight is 354 g/mol.